The highest BCUT2D eigenvalue weighted by molar-refractivity contribution is 7.10. The predicted molar refractivity (Wildman–Crippen MR) is 61.0 cm³/mol. The molecule has 0 bridgehead atoms. The number of aryl methyl sites for hydroxylation is 1. The van der Waals surface area contributed by atoms with Crippen LogP contribution in [0.1, 0.15) is 42.2 Å². The molecule has 1 saturated carbocycles. The van der Waals surface area contributed by atoms with Crippen LogP contribution in [-0.2, 0) is 0 Å². The summed E-state index contributed by atoms with van der Waals surface area (Å²) in [5, 5.41) is 12.8. The first-order valence-corrected chi connectivity index (χ1v) is 6.35. The van der Waals surface area contributed by atoms with Gasteiger partial charge in [0.05, 0.1) is 16.0 Å². The van der Waals surface area contributed by atoms with E-state index in [0.29, 0.717) is 0 Å². The van der Waals surface area contributed by atoms with Crippen molar-refractivity contribution in [1.29, 1.82) is 0 Å². The van der Waals surface area contributed by atoms with Crippen molar-refractivity contribution in [3.8, 4) is 0 Å². The van der Waals surface area contributed by atoms with E-state index in [9.17, 15) is 5.11 Å². The summed E-state index contributed by atoms with van der Waals surface area (Å²) >= 11 is 7.68. The monoisotopic (exact) mass is 230 g/mol. The fourth-order valence-corrected chi connectivity index (χ4v) is 3.14. The molecule has 3 heteroatoms. The van der Waals surface area contributed by atoms with Crippen LogP contribution in [0.25, 0.3) is 0 Å². The normalized spacial score (nSPS) is 19.4. The molecule has 0 amide bonds. The molecule has 1 fully saturated rings. The van der Waals surface area contributed by atoms with Crippen LogP contribution in [0.2, 0.25) is 5.02 Å². The summed E-state index contributed by atoms with van der Waals surface area (Å²) in [6.07, 6.45) is 4.43. The van der Waals surface area contributed by atoms with Crippen molar-refractivity contribution in [2.75, 3.05) is 0 Å². The smallest absolute Gasteiger partial charge is 0.0899 e. The van der Waals surface area contributed by atoms with Gasteiger partial charge in [-0.15, -0.1) is 11.3 Å². The Bertz CT molecular complexity index is 317. The van der Waals surface area contributed by atoms with E-state index >= 15 is 0 Å². The van der Waals surface area contributed by atoms with Crippen molar-refractivity contribution in [2.24, 2.45) is 5.92 Å². The molecule has 0 aliphatic heterocycles. The molecule has 1 heterocycles. The Morgan fingerprint density at radius 2 is 2.36 bits per heavy atom. The summed E-state index contributed by atoms with van der Waals surface area (Å²) in [6, 6.07) is 0. The number of hydrogen-bond acceptors (Lipinski definition) is 2. The van der Waals surface area contributed by atoms with E-state index in [1.165, 1.54) is 19.3 Å². The Balaban J connectivity index is 2.02. The first-order valence-electron chi connectivity index (χ1n) is 5.10. The Hall–Kier alpha value is -0.0500. The molecule has 1 nitrogen and oxygen atoms in total. The number of hydrogen-bond donors (Lipinski definition) is 1. The van der Waals surface area contributed by atoms with Gasteiger partial charge in [0.25, 0.3) is 0 Å². The quantitative estimate of drug-likeness (QED) is 0.834. The lowest BCUT2D eigenvalue weighted by atomic mass is 9.81. The highest BCUT2D eigenvalue weighted by atomic mass is 35.5. The van der Waals surface area contributed by atoms with Gasteiger partial charge in [-0.05, 0) is 30.2 Å². The zero-order valence-corrected chi connectivity index (χ0v) is 9.87. The van der Waals surface area contributed by atoms with Gasteiger partial charge in [0.15, 0.2) is 0 Å². The first kappa shape index (κ1) is 10.5. The second kappa shape index (κ2) is 4.21. The molecule has 1 aromatic heterocycles. The first-order chi connectivity index (χ1) is 6.68. The molecule has 1 aliphatic rings. The SMILES string of the molecule is Cc1csc(C(O)CC2CCC2)c1Cl. The topological polar surface area (TPSA) is 20.2 Å². The minimum Gasteiger partial charge on any atom is -0.388 e. The average molecular weight is 231 g/mol. The molecule has 78 valence electrons. The zero-order chi connectivity index (χ0) is 10.1. The van der Waals surface area contributed by atoms with Crippen LogP contribution in [0.3, 0.4) is 0 Å². The Kier molecular flexibility index (Phi) is 3.15. The van der Waals surface area contributed by atoms with Crippen LogP contribution < -0.4 is 0 Å². The molecular weight excluding hydrogens is 216 g/mol. The predicted octanol–water partition coefficient (Wildman–Crippen LogP) is 3.93. The van der Waals surface area contributed by atoms with Crippen LogP contribution in [-0.4, -0.2) is 5.11 Å². The molecule has 0 spiro atoms. The third kappa shape index (κ3) is 1.97. The summed E-state index contributed by atoms with van der Waals surface area (Å²) in [4.78, 5) is 0.955. The van der Waals surface area contributed by atoms with Crippen LogP contribution in [0, 0.1) is 12.8 Å². The van der Waals surface area contributed by atoms with Crippen LogP contribution >= 0.6 is 22.9 Å². The van der Waals surface area contributed by atoms with Crippen molar-refractivity contribution in [3.63, 3.8) is 0 Å². The van der Waals surface area contributed by atoms with E-state index in [4.69, 9.17) is 11.6 Å². The molecule has 1 aromatic rings. The van der Waals surface area contributed by atoms with Gasteiger partial charge in [-0.25, -0.2) is 0 Å². The second-order valence-corrected chi connectivity index (χ2v) is 5.43. The molecule has 1 aliphatic carbocycles. The largest absolute Gasteiger partial charge is 0.388 e. The summed E-state index contributed by atoms with van der Waals surface area (Å²) in [5.74, 6) is 0.725. The van der Waals surface area contributed by atoms with Gasteiger partial charge in [-0.1, -0.05) is 30.9 Å². The van der Waals surface area contributed by atoms with Gasteiger partial charge >= 0.3 is 0 Å². The molecule has 1 unspecified atom stereocenters. The number of halogens is 1. The second-order valence-electron chi connectivity index (χ2n) is 4.15. The van der Waals surface area contributed by atoms with Crippen molar-refractivity contribution < 1.29 is 5.11 Å². The van der Waals surface area contributed by atoms with Gasteiger partial charge in [-0.2, -0.15) is 0 Å². The maximum atomic E-state index is 9.98. The fourth-order valence-electron chi connectivity index (χ4n) is 1.83. The lowest BCUT2D eigenvalue weighted by molar-refractivity contribution is 0.121. The molecule has 1 N–H and O–H groups in total. The van der Waals surface area contributed by atoms with E-state index in [1.54, 1.807) is 11.3 Å². The summed E-state index contributed by atoms with van der Waals surface area (Å²) in [6.45, 7) is 1.98. The minimum atomic E-state index is -0.341. The number of aliphatic hydroxyl groups is 1. The van der Waals surface area contributed by atoms with E-state index in [2.05, 4.69) is 0 Å². The zero-order valence-electron chi connectivity index (χ0n) is 8.29. The average Bonchev–Trinajstić information content (AvgIpc) is 2.41. The molecule has 0 aromatic carbocycles. The van der Waals surface area contributed by atoms with Gasteiger partial charge in [-0.3, -0.25) is 0 Å². The standard InChI is InChI=1S/C11H15ClOS/c1-7-6-14-11(10(7)12)9(13)5-8-3-2-4-8/h6,8-9,13H,2-5H2,1H3. The van der Waals surface area contributed by atoms with E-state index < -0.39 is 0 Å². The highest BCUT2D eigenvalue weighted by Gasteiger charge is 2.24. The number of thiophene rings is 1. The Labute approximate surface area is 93.7 Å². The van der Waals surface area contributed by atoms with Crippen LogP contribution in [0.5, 0.6) is 0 Å². The molecule has 14 heavy (non-hydrogen) atoms. The summed E-state index contributed by atoms with van der Waals surface area (Å²) in [7, 11) is 0. The maximum Gasteiger partial charge on any atom is 0.0899 e. The Morgan fingerprint density at radius 3 is 2.79 bits per heavy atom. The molecule has 1 atom stereocenters. The molecular formula is C11H15ClOS. The molecule has 0 radical (unpaired) electrons. The summed E-state index contributed by atoms with van der Waals surface area (Å²) < 4.78 is 0. The summed E-state index contributed by atoms with van der Waals surface area (Å²) in [5.41, 5.74) is 1.08. The lowest BCUT2D eigenvalue weighted by Crippen LogP contribution is -2.14. The van der Waals surface area contributed by atoms with Gasteiger partial charge in [0.1, 0.15) is 0 Å². The van der Waals surface area contributed by atoms with Crippen molar-refractivity contribution in [3.05, 3.63) is 20.8 Å². The number of rotatable bonds is 3. The number of aliphatic hydroxyl groups excluding tert-OH is 1. The van der Waals surface area contributed by atoms with E-state index in [1.807, 2.05) is 12.3 Å². The van der Waals surface area contributed by atoms with Gasteiger partial charge in [0.2, 0.25) is 0 Å². The maximum absolute atomic E-state index is 9.98. The fraction of sp³-hybridized carbons (Fsp3) is 0.636. The van der Waals surface area contributed by atoms with E-state index in [0.717, 1.165) is 27.8 Å². The van der Waals surface area contributed by atoms with Gasteiger partial charge < -0.3 is 5.11 Å². The van der Waals surface area contributed by atoms with Crippen molar-refractivity contribution >= 4 is 22.9 Å². The van der Waals surface area contributed by atoms with E-state index in [-0.39, 0.29) is 6.10 Å². The highest BCUT2D eigenvalue weighted by Crippen LogP contribution is 2.39. The third-order valence-corrected chi connectivity index (χ3v) is 4.82. The lowest BCUT2D eigenvalue weighted by Gasteiger charge is -2.27. The Morgan fingerprint density at radius 1 is 1.64 bits per heavy atom. The van der Waals surface area contributed by atoms with Crippen LogP contribution in [0.15, 0.2) is 5.38 Å². The molecule has 2 rings (SSSR count). The van der Waals surface area contributed by atoms with Crippen LogP contribution in [0.4, 0.5) is 0 Å². The van der Waals surface area contributed by atoms with Crippen molar-refractivity contribution in [2.45, 2.75) is 38.7 Å². The minimum absolute atomic E-state index is 0.341. The van der Waals surface area contributed by atoms with Gasteiger partial charge in [0, 0.05) is 0 Å². The third-order valence-electron chi connectivity index (χ3n) is 3.01. The molecule has 0 saturated heterocycles. The van der Waals surface area contributed by atoms with Crippen molar-refractivity contribution in [1.82, 2.24) is 0 Å².